The SMILES string of the molecule is CC(C)(C)C1CCCCC1OOC(=O)c1ccc([Si](C)(C)C)cc1. The minimum absolute atomic E-state index is 0.00366. The molecule has 1 saturated carbocycles. The third kappa shape index (κ3) is 4.93. The molecule has 3 nitrogen and oxygen atoms in total. The summed E-state index contributed by atoms with van der Waals surface area (Å²) >= 11 is 0. The zero-order chi connectivity index (χ0) is 18.0. The molecule has 0 amide bonds. The van der Waals surface area contributed by atoms with Crippen molar-refractivity contribution in [2.24, 2.45) is 11.3 Å². The molecular weight excluding hydrogens is 316 g/mol. The molecule has 0 saturated heterocycles. The van der Waals surface area contributed by atoms with Crippen molar-refractivity contribution >= 4 is 19.2 Å². The fraction of sp³-hybridized carbons (Fsp3) is 0.650. The Balaban J connectivity index is 1.97. The van der Waals surface area contributed by atoms with Crippen LogP contribution in [0.25, 0.3) is 0 Å². The van der Waals surface area contributed by atoms with Gasteiger partial charge in [0.2, 0.25) is 0 Å². The summed E-state index contributed by atoms with van der Waals surface area (Å²) in [7, 11) is -1.35. The Kier molecular flexibility index (Phi) is 5.92. The van der Waals surface area contributed by atoms with Gasteiger partial charge in [0.05, 0.1) is 13.6 Å². The number of carbonyl (C=O) groups is 1. The average Bonchev–Trinajstić information content (AvgIpc) is 2.51. The minimum atomic E-state index is -1.35. The fourth-order valence-electron chi connectivity index (χ4n) is 3.46. The maximum absolute atomic E-state index is 12.3. The van der Waals surface area contributed by atoms with E-state index in [1.807, 2.05) is 24.3 Å². The predicted octanol–water partition coefficient (Wildman–Crippen LogP) is 4.93. The van der Waals surface area contributed by atoms with Gasteiger partial charge in [0.1, 0.15) is 6.10 Å². The van der Waals surface area contributed by atoms with Crippen molar-refractivity contribution in [3.05, 3.63) is 29.8 Å². The molecule has 2 rings (SSSR count). The highest BCUT2D eigenvalue weighted by molar-refractivity contribution is 6.88. The molecule has 1 aliphatic rings. The summed E-state index contributed by atoms with van der Waals surface area (Å²) in [5.74, 6) is 0.0312. The third-order valence-electron chi connectivity index (χ3n) is 5.05. The van der Waals surface area contributed by atoms with E-state index in [0.29, 0.717) is 11.5 Å². The second-order valence-corrected chi connectivity index (χ2v) is 14.2. The molecule has 24 heavy (non-hydrogen) atoms. The second kappa shape index (κ2) is 7.40. The third-order valence-corrected chi connectivity index (χ3v) is 7.11. The average molecular weight is 349 g/mol. The zero-order valence-corrected chi connectivity index (χ0v) is 17.0. The van der Waals surface area contributed by atoms with Crippen LogP contribution in [0.15, 0.2) is 24.3 Å². The van der Waals surface area contributed by atoms with Crippen LogP contribution >= 0.6 is 0 Å². The van der Waals surface area contributed by atoms with Crippen molar-refractivity contribution in [1.82, 2.24) is 0 Å². The van der Waals surface area contributed by atoms with E-state index in [0.717, 1.165) is 19.3 Å². The molecule has 1 fully saturated rings. The molecular formula is C20H32O3Si. The van der Waals surface area contributed by atoms with Crippen LogP contribution in [0.2, 0.25) is 19.6 Å². The standard InChI is InChI=1S/C20H32O3Si/c1-20(2,3)17-9-7-8-10-18(17)22-23-19(21)15-11-13-16(14-12-15)24(4,5)6/h11-14,17-18H,7-10H2,1-6H3. The lowest BCUT2D eigenvalue weighted by Crippen LogP contribution is -2.37. The maximum atomic E-state index is 12.3. The molecule has 0 bridgehead atoms. The minimum Gasteiger partial charge on any atom is -0.293 e. The van der Waals surface area contributed by atoms with Crippen molar-refractivity contribution in [3.63, 3.8) is 0 Å². The van der Waals surface area contributed by atoms with Gasteiger partial charge in [0, 0.05) is 0 Å². The van der Waals surface area contributed by atoms with Gasteiger partial charge in [-0.05, 0) is 36.3 Å². The first-order chi connectivity index (χ1) is 11.1. The highest BCUT2D eigenvalue weighted by atomic mass is 28.3. The maximum Gasteiger partial charge on any atom is 0.373 e. The van der Waals surface area contributed by atoms with Crippen LogP contribution in [0.1, 0.15) is 56.8 Å². The molecule has 134 valence electrons. The molecule has 1 aromatic rings. The van der Waals surface area contributed by atoms with Crippen LogP contribution in [0.3, 0.4) is 0 Å². The predicted molar refractivity (Wildman–Crippen MR) is 101 cm³/mol. The number of rotatable bonds is 4. The summed E-state index contributed by atoms with van der Waals surface area (Å²) in [5.41, 5.74) is 0.719. The second-order valence-electron chi connectivity index (χ2n) is 9.09. The number of carbonyl (C=O) groups excluding carboxylic acids is 1. The largest absolute Gasteiger partial charge is 0.373 e. The topological polar surface area (TPSA) is 35.5 Å². The molecule has 0 spiro atoms. The molecule has 0 heterocycles. The summed E-state index contributed by atoms with van der Waals surface area (Å²) in [6, 6.07) is 7.78. The smallest absolute Gasteiger partial charge is 0.293 e. The highest BCUT2D eigenvalue weighted by Crippen LogP contribution is 2.39. The van der Waals surface area contributed by atoms with Gasteiger partial charge in [-0.2, -0.15) is 4.89 Å². The van der Waals surface area contributed by atoms with E-state index in [2.05, 4.69) is 40.4 Å². The van der Waals surface area contributed by atoms with Gasteiger partial charge < -0.3 is 0 Å². The van der Waals surface area contributed by atoms with Crippen molar-refractivity contribution in [2.75, 3.05) is 0 Å². The first kappa shape index (κ1) is 19.2. The van der Waals surface area contributed by atoms with Crippen molar-refractivity contribution in [3.8, 4) is 0 Å². The molecule has 2 unspecified atom stereocenters. The van der Waals surface area contributed by atoms with E-state index in [1.54, 1.807) is 0 Å². The normalized spacial score (nSPS) is 22.2. The van der Waals surface area contributed by atoms with Gasteiger partial charge in [-0.25, -0.2) is 4.79 Å². The molecule has 0 radical (unpaired) electrons. The molecule has 0 N–H and O–H groups in total. The van der Waals surface area contributed by atoms with Crippen LogP contribution in [-0.2, 0) is 9.78 Å². The van der Waals surface area contributed by atoms with E-state index < -0.39 is 14.0 Å². The molecule has 0 aliphatic heterocycles. The van der Waals surface area contributed by atoms with Gasteiger partial charge >= 0.3 is 5.97 Å². The van der Waals surface area contributed by atoms with Crippen molar-refractivity contribution in [2.45, 2.75) is 72.2 Å². The molecule has 0 aromatic heterocycles. The van der Waals surface area contributed by atoms with Crippen LogP contribution < -0.4 is 5.19 Å². The summed E-state index contributed by atoms with van der Waals surface area (Å²) < 4.78 is 0. The van der Waals surface area contributed by atoms with Gasteiger partial charge in [0.25, 0.3) is 0 Å². The van der Waals surface area contributed by atoms with Crippen molar-refractivity contribution < 1.29 is 14.6 Å². The number of hydrogen-bond acceptors (Lipinski definition) is 3. The summed E-state index contributed by atoms with van der Waals surface area (Å²) in [4.78, 5) is 23.1. The summed E-state index contributed by atoms with van der Waals surface area (Å²) in [5, 5.41) is 1.33. The van der Waals surface area contributed by atoms with E-state index in [1.165, 1.54) is 11.6 Å². The molecule has 1 aliphatic carbocycles. The Hall–Kier alpha value is -1.13. The Morgan fingerprint density at radius 3 is 2.17 bits per heavy atom. The first-order valence-electron chi connectivity index (χ1n) is 9.07. The molecule has 2 atom stereocenters. The fourth-order valence-corrected chi connectivity index (χ4v) is 4.63. The summed E-state index contributed by atoms with van der Waals surface area (Å²) in [6.45, 7) is 13.6. The molecule has 4 heteroatoms. The summed E-state index contributed by atoms with van der Waals surface area (Å²) in [6.07, 6.45) is 4.47. The van der Waals surface area contributed by atoms with Gasteiger partial charge in [-0.1, -0.05) is 70.6 Å². The first-order valence-corrected chi connectivity index (χ1v) is 12.6. The number of benzene rings is 1. The van der Waals surface area contributed by atoms with Gasteiger partial charge in [-0.15, -0.1) is 0 Å². The van der Waals surface area contributed by atoms with Gasteiger partial charge in [-0.3, -0.25) is 4.89 Å². The van der Waals surface area contributed by atoms with E-state index in [-0.39, 0.29) is 11.5 Å². The van der Waals surface area contributed by atoms with E-state index in [9.17, 15) is 4.79 Å². The molecule has 1 aromatic carbocycles. The Bertz CT molecular complexity index is 552. The monoisotopic (exact) mass is 348 g/mol. The quantitative estimate of drug-likeness (QED) is 0.440. The Labute approximate surface area is 147 Å². The Morgan fingerprint density at radius 1 is 1.04 bits per heavy atom. The van der Waals surface area contributed by atoms with Crippen LogP contribution in [-0.4, -0.2) is 20.1 Å². The van der Waals surface area contributed by atoms with E-state index >= 15 is 0 Å². The van der Waals surface area contributed by atoms with Crippen LogP contribution in [0, 0.1) is 11.3 Å². The Morgan fingerprint density at radius 2 is 1.62 bits per heavy atom. The highest BCUT2D eigenvalue weighted by Gasteiger charge is 2.36. The zero-order valence-electron chi connectivity index (χ0n) is 16.0. The lowest BCUT2D eigenvalue weighted by Gasteiger charge is -2.38. The van der Waals surface area contributed by atoms with Crippen LogP contribution in [0.4, 0.5) is 0 Å². The number of hydrogen-bond donors (Lipinski definition) is 0. The lowest BCUT2D eigenvalue weighted by molar-refractivity contribution is -0.297. The van der Waals surface area contributed by atoms with Crippen molar-refractivity contribution in [1.29, 1.82) is 0 Å². The van der Waals surface area contributed by atoms with E-state index in [4.69, 9.17) is 9.78 Å². The lowest BCUT2D eigenvalue weighted by atomic mass is 9.71. The van der Waals surface area contributed by atoms with Gasteiger partial charge in [0.15, 0.2) is 0 Å². The van der Waals surface area contributed by atoms with Crippen LogP contribution in [0.5, 0.6) is 0 Å².